The molecule has 1 heterocycles. The molecule has 0 bridgehead atoms. The number of aromatic nitrogens is 1. The van der Waals surface area contributed by atoms with Gasteiger partial charge in [-0.05, 0) is 38.1 Å². The first-order valence-electron chi connectivity index (χ1n) is 5.61. The van der Waals surface area contributed by atoms with Gasteiger partial charge in [0.1, 0.15) is 0 Å². The molecule has 100 valence electrons. The van der Waals surface area contributed by atoms with Crippen molar-refractivity contribution in [3.8, 4) is 0 Å². The Morgan fingerprint density at radius 1 is 1.42 bits per heavy atom. The molecule has 0 saturated heterocycles. The standard InChI is InChI=1S/C13H12ClNO2S2/c1-7(12(16)17)11-8(2)15-13(19-11)18-10-5-3-9(14)4-6-10/h3-7H,1-2H3,(H,16,17). The summed E-state index contributed by atoms with van der Waals surface area (Å²) < 4.78 is 0.850. The Morgan fingerprint density at radius 3 is 2.63 bits per heavy atom. The molecule has 2 aromatic rings. The van der Waals surface area contributed by atoms with Crippen molar-refractivity contribution in [1.82, 2.24) is 4.98 Å². The van der Waals surface area contributed by atoms with Gasteiger partial charge in [-0.1, -0.05) is 23.4 Å². The number of aryl methyl sites for hydroxylation is 1. The quantitative estimate of drug-likeness (QED) is 0.906. The van der Waals surface area contributed by atoms with Crippen molar-refractivity contribution in [3.63, 3.8) is 0 Å². The fourth-order valence-electron chi connectivity index (χ4n) is 1.54. The highest BCUT2D eigenvalue weighted by atomic mass is 35.5. The lowest BCUT2D eigenvalue weighted by molar-refractivity contribution is -0.138. The highest BCUT2D eigenvalue weighted by Crippen LogP contribution is 2.36. The van der Waals surface area contributed by atoms with E-state index in [9.17, 15) is 4.79 Å². The molecule has 3 nitrogen and oxygen atoms in total. The van der Waals surface area contributed by atoms with Crippen molar-refractivity contribution >= 4 is 40.7 Å². The van der Waals surface area contributed by atoms with E-state index in [0.717, 1.165) is 19.8 Å². The number of carbonyl (C=O) groups is 1. The van der Waals surface area contributed by atoms with Crippen LogP contribution in [0.5, 0.6) is 0 Å². The van der Waals surface area contributed by atoms with Crippen LogP contribution < -0.4 is 0 Å². The second kappa shape index (κ2) is 5.94. The van der Waals surface area contributed by atoms with E-state index in [1.165, 1.54) is 23.1 Å². The summed E-state index contributed by atoms with van der Waals surface area (Å²) in [5, 5.41) is 9.74. The summed E-state index contributed by atoms with van der Waals surface area (Å²) in [7, 11) is 0. The van der Waals surface area contributed by atoms with E-state index in [0.29, 0.717) is 5.02 Å². The van der Waals surface area contributed by atoms with E-state index in [-0.39, 0.29) is 0 Å². The maximum atomic E-state index is 11.0. The first kappa shape index (κ1) is 14.4. The van der Waals surface area contributed by atoms with Gasteiger partial charge in [0, 0.05) is 14.8 Å². The van der Waals surface area contributed by atoms with Crippen LogP contribution in [0, 0.1) is 6.92 Å². The molecule has 2 rings (SSSR count). The van der Waals surface area contributed by atoms with Gasteiger partial charge >= 0.3 is 5.97 Å². The number of nitrogens with zero attached hydrogens (tertiary/aromatic N) is 1. The minimum absolute atomic E-state index is 0.517. The van der Waals surface area contributed by atoms with Gasteiger partial charge in [0.15, 0.2) is 4.34 Å². The summed E-state index contributed by atoms with van der Waals surface area (Å²) in [5.74, 6) is -1.34. The zero-order chi connectivity index (χ0) is 14.0. The van der Waals surface area contributed by atoms with Crippen molar-refractivity contribution < 1.29 is 9.90 Å². The monoisotopic (exact) mass is 313 g/mol. The van der Waals surface area contributed by atoms with Crippen molar-refractivity contribution in [2.75, 3.05) is 0 Å². The molecular formula is C13H12ClNO2S2. The highest BCUT2D eigenvalue weighted by molar-refractivity contribution is 8.01. The molecule has 0 amide bonds. The molecule has 0 aliphatic rings. The second-order valence-corrected chi connectivity index (χ2v) is 6.83. The van der Waals surface area contributed by atoms with E-state index in [4.69, 9.17) is 16.7 Å². The Hall–Kier alpha value is -1.04. The predicted molar refractivity (Wildman–Crippen MR) is 78.5 cm³/mol. The number of thiazole rings is 1. The van der Waals surface area contributed by atoms with Crippen molar-refractivity contribution in [2.45, 2.75) is 29.0 Å². The lowest BCUT2D eigenvalue weighted by Gasteiger charge is -2.02. The van der Waals surface area contributed by atoms with Crippen LogP contribution in [0.4, 0.5) is 0 Å². The average molecular weight is 314 g/mol. The number of aliphatic carboxylic acids is 1. The number of hydrogen-bond acceptors (Lipinski definition) is 4. The lowest BCUT2D eigenvalue weighted by Crippen LogP contribution is -2.06. The molecule has 0 aliphatic heterocycles. The molecule has 1 unspecified atom stereocenters. The van der Waals surface area contributed by atoms with Gasteiger partial charge < -0.3 is 5.11 Å². The number of rotatable bonds is 4. The Morgan fingerprint density at radius 2 is 2.05 bits per heavy atom. The van der Waals surface area contributed by atoms with Crippen LogP contribution in [0.15, 0.2) is 33.5 Å². The van der Waals surface area contributed by atoms with E-state index >= 15 is 0 Å². The van der Waals surface area contributed by atoms with Gasteiger partial charge in [0.25, 0.3) is 0 Å². The summed E-state index contributed by atoms with van der Waals surface area (Å²) in [6, 6.07) is 7.49. The largest absolute Gasteiger partial charge is 0.481 e. The van der Waals surface area contributed by atoms with Crippen molar-refractivity contribution in [2.24, 2.45) is 0 Å². The zero-order valence-electron chi connectivity index (χ0n) is 10.4. The molecule has 6 heteroatoms. The highest BCUT2D eigenvalue weighted by Gasteiger charge is 2.20. The Balaban J connectivity index is 2.20. The zero-order valence-corrected chi connectivity index (χ0v) is 12.8. The molecule has 19 heavy (non-hydrogen) atoms. The number of carboxylic acid groups (broad SMARTS) is 1. The van der Waals surface area contributed by atoms with Crippen molar-refractivity contribution in [1.29, 1.82) is 0 Å². The molecule has 0 saturated carbocycles. The van der Waals surface area contributed by atoms with Crippen LogP contribution in [-0.4, -0.2) is 16.1 Å². The van der Waals surface area contributed by atoms with E-state index in [2.05, 4.69) is 4.98 Å². The summed E-state index contributed by atoms with van der Waals surface area (Å²) >= 11 is 8.78. The fraction of sp³-hybridized carbons (Fsp3) is 0.231. The Bertz CT molecular complexity index is 595. The van der Waals surface area contributed by atoms with Crippen LogP contribution >= 0.6 is 34.7 Å². The summed E-state index contributed by atoms with van der Waals surface area (Å²) in [6.45, 7) is 3.52. The number of halogens is 1. The molecule has 0 radical (unpaired) electrons. The van der Waals surface area contributed by atoms with Crippen LogP contribution in [0.2, 0.25) is 5.02 Å². The van der Waals surface area contributed by atoms with Crippen LogP contribution in [0.3, 0.4) is 0 Å². The third-order valence-corrected chi connectivity index (χ3v) is 5.26. The first-order chi connectivity index (χ1) is 8.97. The summed E-state index contributed by atoms with van der Waals surface area (Å²) in [4.78, 5) is 17.3. The van der Waals surface area contributed by atoms with Crippen LogP contribution in [0.1, 0.15) is 23.4 Å². The minimum atomic E-state index is -0.824. The molecule has 0 fully saturated rings. The first-order valence-corrected chi connectivity index (χ1v) is 7.62. The molecular weight excluding hydrogens is 302 g/mol. The Kier molecular flexibility index (Phi) is 4.50. The average Bonchev–Trinajstić information content (AvgIpc) is 2.72. The maximum absolute atomic E-state index is 11.0. The van der Waals surface area contributed by atoms with Crippen LogP contribution in [-0.2, 0) is 4.79 Å². The lowest BCUT2D eigenvalue weighted by atomic mass is 10.1. The summed E-state index contributed by atoms with van der Waals surface area (Å²) in [5.41, 5.74) is 0.788. The summed E-state index contributed by atoms with van der Waals surface area (Å²) in [6.07, 6.45) is 0. The maximum Gasteiger partial charge on any atom is 0.311 e. The number of benzene rings is 1. The Labute approximate surface area is 124 Å². The molecule has 1 aromatic carbocycles. The SMILES string of the molecule is Cc1nc(Sc2ccc(Cl)cc2)sc1C(C)C(=O)O. The van der Waals surface area contributed by atoms with Gasteiger partial charge in [0.2, 0.25) is 0 Å². The third-order valence-electron chi connectivity index (χ3n) is 2.60. The van der Waals surface area contributed by atoms with E-state index < -0.39 is 11.9 Å². The van der Waals surface area contributed by atoms with Crippen molar-refractivity contribution in [3.05, 3.63) is 39.9 Å². The number of carboxylic acids is 1. The van der Waals surface area contributed by atoms with Crippen LogP contribution in [0.25, 0.3) is 0 Å². The fourth-order valence-corrected chi connectivity index (χ4v) is 3.89. The van der Waals surface area contributed by atoms with E-state index in [1.807, 2.05) is 31.2 Å². The van der Waals surface area contributed by atoms with Gasteiger partial charge in [0.05, 0.1) is 11.6 Å². The predicted octanol–water partition coefficient (Wildman–Crippen LogP) is 4.44. The molecule has 1 atom stereocenters. The van der Waals surface area contributed by atoms with E-state index in [1.54, 1.807) is 6.92 Å². The van der Waals surface area contributed by atoms with Gasteiger partial charge in [-0.15, -0.1) is 11.3 Å². The molecule has 0 aliphatic carbocycles. The third kappa shape index (κ3) is 3.49. The van der Waals surface area contributed by atoms with Gasteiger partial charge in [-0.25, -0.2) is 4.98 Å². The van der Waals surface area contributed by atoms with Gasteiger partial charge in [-0.3, -0.25) is 4.79 Å². The topological polar surface area (TPSA) is 50.2 Å². The smallest absolute Gasteiger partial charge is 0.311 e. The van der Waals surface area contributed by atoms with Gasteiger partial charge in [-0.2, -0.15) is 0 Å². The number of hydrogen-bond donors (Lipinski definition) is 1. The molecule has 0 spiro atoms. The molecule has 1 N–H and O–H groups in total. The second-order valence-electron chi connectivity index (χ2n) is 4.05. The minimum Gasteiger partial charge on any atom is -0.481 e. The normalized spacial score (nSPS) is 12.4. The molecule has 1 aromatic heterocycles.